The summed E-state index contributed by atoms with van der Waals surface area (Å²) in [6.45, 7) is 2.04. The van der Waals surface area contributed by atoms with Crippen LogP contribution in [-0.4, -0.2) is 51.0 Å². The van der Waals surface area contributed by atoms with E-state index in [9.17, 15) is 4.79 Å². The van der Waals surface area contributed by atoms with Crippen LogP contribution >= 0.6 is 0 Å². The number of carbonyl (C=O) groups excluding carboxylic acids is 1. The van der Waals surface area contributed by atoms with Gasteiger partial charge in [0.15, 0.2) is 5.69 Å². The Bertz CT molecular complexity index is 726. The third-order valence-corrected chi connectivity index (χ3v) is 5.33. The lowest BCUT2D eigenvalue weighted by molar-refractivity contribution is 0.0675. The highest BCUT2D eigenvalue weighted by atomic mass is 16.2. The zero-order chi connectivity index (χ0) is 16.7. The summed E-state index contributed by atoms with van der Waals surface area (Å²) in [5, 5.41) is 11.8. The van der Waals surface area contributed by atoms with E-state index >= 15 is 0 Å². The zero-order valence-corrected chi connectivity index (χ0v) is 14.1. The first-order valence-electron chi connectivity index (χ1n) is 8.63. The summed E-state index contributed by atoms with van der Waals surface area (Å²) >= 11 is 0. The second-order valence-electron chi connectivity index (χ2n) is 7.06. The minimum atomic E-state index is -0.0420. The van der Waals surface area contributed by atoms with Crippen molar-refractivity contribution >= 4 is 5.91 Å². The maximum Gasteiger partial charge on any atom is 0.276 e. The Balaban J connectivity index is 1.49. The number of fused-ring (bicyclic) bond motifs is 2. The molecule has 3 heterocycles. The quantitative estimate of drug-likeness (QED) is 0.937. The van der Waals surface area contributed by atoms with E-state index in [1.165, 1.54) is 18.4 Å². The summed E-state index contributed by atoms with van der Waals surface area (Å²) in [4.78, 5) is 14.6. The van der Waals surface area contributed by atoms with Crippen molar-refractivity contribution in [1.82, 2.24) is 25.2 Å². The largest absolute Gasteiger partial charge is 0.337 e. The molecule has 0 saturated carbocycles. The van der Waals surface area contributed by atoms with Crippen LogP contribution in [0, 0.1) is 6.92 Å². The van der Waals surface area contributed by atoms with E-state index in [0.717, 1.165) is 18.5 Å². The molecule has 2 unspecified atom stereocenters. The third kappa shape index (κ3) is 2.82. The van der Waals surface area contributed by atoms with Gasteiger partial charge in [0, 0.05) is 25.2 Å². The lowest BCUT2D eigenvalue weighted by Gasteiger charge is -2.35. The molecule has 6 heteroatoms. The molecule has 2 bridgehead atoms. The van der Waals surface area contributed by atoms with Crippen LogP contribution in [0.25, 0.3) is 5.69 Å². The fourth-order valence-electron chi connectivity index (χ4n) is 3.88. The number of amides is 1. The maximum atomic E-state index is 12.8. The summed E-state index contributed by atoms with van der Waals surface area (Å²) in [5.74, 6) is -0.0420. The molecule has 1 N–H and O–H groups in total. The van der Waals surface area contributed by atoms with Crippen molar-refractivity contribution in [3.05, 3.63) is 41.7 Å². The van der Waals surface area contributed by atoms with Gasteiger partial charge in [0.2, 0.25) is 0 Å². The van der Waals surface area contributed by atoms with Gasteiger partial charge in [-0.05, 0) is 44.7 Å². The predicted molar refractivity (Wildman–Crippen MR) is 91.2 cm³/mol. The highest BCUT2D eigenvalue weighted by molar-refractivity contribution is 5.92. The molecular weight excluding hydrogens is 302 g/mol. The van der Waals surface area contributed by atoms with Crippen molar-refractivity contribution < 1.29 is 4.79 Å². The normalized spacial score (nSPS) is 25.7. The monoisotopic (exact) mass is 325 g/mol. The Hall–Kier alpha value is -2.21. The van der Waals surface area contributed by atoms with Crippen LogP contribution in [0.1, 0.15) is 41.7 Å². The lowest BCUT2D eigenvalue weighted by atomic mass is 9.98. The summed E-state index contributed by atoms with van der Waals surface area (Å²) in [5.41, 5.74) is 2.51. The number of hydrogen-bond acceptors (Lipinski definition) is 4. The fourth-order valence-corrected chi connectivity index (χ4v) is 3.88. The molecule has 0 aliphatic carbocycles. The van der Waals surface area contributed by atoms with Crippen molar-refractivity contribution in [3.8, 4) is 5.69 Å². The van der Waals surface area contributed by atoms with Gasteiger partial charge in [-0.2, -0.15) is 0 Å². The zero-order valence-electron chi connectivity index (χ0n) is 14.1. The van der Waals surface area contributed by atoms with E-state index in [0.29, 0.717) is 23.8 Å². The average molecular weight is 325 g/mol. The smallest absolute Gasteiger partial charge is 0.276 e. The molecular formula is C18H23N5O. The molecule has 126 valence electrons. The van der Waals surface area contributed by atoms with E-state index in [1.54, 1.807) is 10.9 Å². The van der Waals surface area contributed by atoms with Crippen LogP contribution in [0.5, 0.6) is 0 Å². The van der Waals surface area contributed by atoms with Crippen molar-refractivity contribution in [3.63, 3.8) is 0 Å². The van der Waals surface area contributed by atoms with E-state index in [4.69, 9.17) is 0 Å². The number of hydrogen-bond donors (Lipinski definition) is 1. The number of piperidine rings is 1. The molecule has 2 aliphatic rings. The molecule has 0 spiro atoms. The maximum absolute atomic E-state index is 12.8. The predicted octanol–water partition coefficient (Wildman–Crippen LogP) is 1.93. The van der Waals surface area contributed by atoms with Crippen molar-refractivity contribution in [2.24, 2.45) is 0 Å². The second kappa shape index (κ2) is 6.02. The van der Waals surface area contributed by atoms with Gasteiger partial charge >= 0.3 is 0 Å². The first kappa shape index (κ1) is 15.3. The number of rotatable bonds is 3. The van der Waals surface area contributed by atoms with E-state index in [2.05, 4.69) is 15.6 Å². The van der Waals surface area contributed by atoms with Gasteiger partial charge in [0.1, 0.15) is 0 Å². The Kier molecular flexibility index (Phi) is 3.84. The highest BCUT2D eigenvalue weighted by Crippen LogP contribution is 2.29. The number of benzene rings is 1. The highest BCUT2D eigenvalue weighted by Gasteiger charge is 2.36. The van der Waals surface area contributed by atoms with Gasteiger partial charge in [-0.3, -0.25) is 4.79 Å². The summed E-state index contributed by atoms with van der Waals surface area (Å²) in [6.07, 6.45) is 6.24. The summed E-state index contributed by atoms with van der Waals surface area (Å²) in [7, 11) is 1.89. The van der Waals surface area contributed by atoms with Crippen LogP contribution in [0.4, 0.5) is 0 Å². The molecule has 6 nitrogen and oxygen atoms in total. The van der Waals surface area contributed by atoms with Crippen molar-refractivity contribution in [2.45, 2.75) is 50.7 Å². The molecule has 1 aromatic heterocycles. The average Bonchev–Trinajstić information content (AvgIpc) is 3.21. The number of aromatic nitrogens is 3. The molecule has 1 amide bonds. The molecule has 24 heavy (non-hydrogen) atoms. The number of nitrogens with one attached hydrogen (secondary N) is 1. The van der Waals surface area contributed by atoms with Crippen molar-refractivity contribution in [1.29, 1.82) is 0 Å². The molecule has 2 aliphatic heterocycles. The number of aryl methyl sites for hydroxylation is 1. The molecule has 2 aromatic rings. The molecule has 4 rings (SSSR count). The third-order valence-electron chi connectivity index (χ3n) is 5.33. The van der Waals surface area contributed by atoms with Gasteiger partial charge < -0.3 is 10.2 Å². The summed E-state index contributed by atoms with van der Waals surface area (Å²) in [6, 6.07) is 9.42. The van der Waals surface area contributed by atoms with Gasteiger partial charge in [-0.1, -0.05) is 22.9 Å². The van der Waals surface area contributed by atoms with Crippen LogP contribution in [0.2, 0.25) is 0 Å². The minimum Gasteiger partial charge on any atom is -0.337 e. The summed E-state index contributed by atoms with van der Waals surface area (Å²) < 4.78 is 1.66. The molecule has 1 aromatic carbocycles. The van der Waals surface area contributed by atoms with Gasteiger partial charge in [-0.25, -0.2) is 4.68 Å². The first-order valence-corrected chi connectivity index (χ1v) is 8.63. The Labute approximate surface area is 141 Å². The van der Waals surface area contributed by atoms with Crippen LogP contribution in [-0.2, 0) is 0 Å². The number of nitrogens with zero attached hydrogens (tertiary/aromatic N) is 4. The van der Waals surface area contributed by atoms with E-state index in [-0.39, 0.29) is 5.91 Å². The Morgan fingerprint density at radius 3 is 2.54 bits per heavy atom. The lowest BCUT2D eigenvalue weighted by Crippen LogP contribution is -2.48. The van der Waals surface area contributed by atoms with Crippen molar-refractivity contribution in [2.75, 3.05) is 7.05 Å². The second-order valence-corrected chi connectivity index (χ2v) is 7.06. The molecule has 2 atom stereocenters. The minimum absolute atomic E-state index is 0.0420. The van der Waals surface area contributed by atoms with E-state index in [1.807, 2.05) is 43.1 Å². The first-order chi connectivity index (χ1) is 11.6. The standard InChI is InChI=1S/C18H23N5O/c1-12-3-7-15(8-4-12)23-11-17(20-21-23)18(24)22(2)16-9-13-5-6-14(10-16)19-13/h3-4,7-8,11,13-14,16,19H,5-6,9-10H2,1-2H3. The van der Waals surface area contributed by atoms with Gasteiger partial charge in [0.05, 0.1) is 11.9 Å². The number of carbonyl (C=O) groups is 1. The molecule has 2 fully saturated rings. The van der Waals surface area contributed by atoms with E-state index < -0.39 is 0 Å². The SMILES string of the molecule is Cc1ccc(-n2cc(C(=O)N(C)C3CC4CCC(C3)N4)nn2)cc1. The molecule has 0 radical (unpaired) electrons. The van der Waals surface area contributed by atoms with Crippen LogP contribution in [0.3, 0.4) is 0 Å². The van der Waals surface area contributed by atoms with Crippen LogP contribution < -0.4 is 5.32 Å². The Morgan fingerprint density at radius 2 is 1.88 bits per heavy atom. The van der Waals surface area contributed by atoms with Gasteiger partial charge in [0.25, 0.3) is 5.91 Å². The fraction of sp³-hybridized carbons (Fsp3) is 0.500. The van der Waals surface area contributed by atoms with Gasteiger partial charge in [-0.15, -0.1) is 5.10 Å². The Morgan fingerprint density at radius 1 is 1.21 bits per heavy atom. The molecule has 2 saturated heterocycles. The van der Waals surface area contributed by atoms with Crippen LogP contribution in [0.15, 0.2) is 30.5 Å². The topological polar surface area (TPSA) is 63.1 Å².